The molecule has 4 atom stereocenters. The number of hydrogen-bond acceptors (Lipinski definition) is 3. The van der Waals surface area contributed by atoms with Gasteiger partial charge >= 0.3 is 0 Å². The molecule has 0 saturated carbocycles. The van der Waals surface area contributed by atoms with Crippen molar-refractivity contribution in [3.63, 3.8) is 0 Å². The highest BCUT2D eigenvalue weighted by Crippen LogP contribution is 2.53. The van der Waals surface area contributed by atoms with Crippen molar-refractivity contribution < 1.29 is 4.92 Å². The number of nitro groups is 1. The molecule has 2 aliphatic heterocycles. The smallest absolute Gasteiger partial charge is 0.270 e. The molecule has 0 N–H and O–H groups in total. The van der Waals surface area contributed by atoms with Gasteiger partial charge in [0.05, 0.1) is 4.92 Å². The van der Waals surface area contributed by atoms with E-state index in [1.54, 1.807) is 0 Å². The number of nitro benzene ring substituents is 1. The second-order valence-corrected chi connectivity index (χ2v) is 7.03. The molecule has 0 spiro atoms. The van der Waals surface area contributed by atoms with E-state index in [0.717, 1.165) is 25.9 Å². The summed E-state index contributed by atoms with van der Waals surface area (Å²) in [5.74, 6) is 1.92. The van der Waals surface area contributed by atoms with Gasteiger partial charge in [-0.1, -0.05) is 24.3 Å². The molecular formula is C18H18N2O2. The zero-order valence-corrected chi connectivity index (χ0v) is 12.3. The first-order valence-electron chi connectivity index (χ1n) is 8.13. The topological polar surface area (TPSA) is 46.4 Å². The minimum Gasteiger partial charge on any atom is -0.370 e. The highest BCUT2D eigenvalue weighted by Gasteiger charge is 2.43. The molecule has 0 aromatic heterocycles. The van der Waals surface area contributed by atoms with E-state index in [4.69, 9.17) is 0 Å². The fourth-order valence-electron chi connectivity index (χ4n) is 4.96. The van der Waals surface area contributed by atoms with Crippen molar-refractivity contribution in [1.29, 1.82) is 0 Å². The van der Waals surface area contributed by atoms with Crippen LogP contribution >= 0.6 is 0 Å². The van der Waals surface area contributed by atoms with Gasteiger partial charge < -0.3 is 4.90 Å². The molecular weight excluding hydrogens is 276 g/mol. The van der Waals surface area contributed by atoms with Crippen molar-refractivity contribution in [2.24, 2.45) is 11.8 Å². The van der Waals surface area contributed by atoms with Crippen LogP contribution in [0.4, 0.5) is 11.4 Å². The van der Waals surface area contributed by atoms with Crippen LogP contribution < -0.4 is 4.90 Å². The van der Waals surface area contributed by atoms with Crippen LogP contribution in [0.25, 0.3) is 0 Å². The minimum atomic E-state index is -0.230. The van der Waals surface area contributed by atoms with Crippen LogP contribution in [0.2, 0.25) is 0 Å². The molecule has 4 nitrogen and oxygen atoms in total. The van der Waals surface area contributed by atoms with Crippen molar-refractivity contribution in [3.05, 3.63) is 57.7 Å². The van der Waals surface area contributed by atoms with Gasteiger partial charge in [-0.15, -0.1) is 0 Å². The van der Waals surface area contributed by atoms with Crippen molar-refractivity contribution in [2.75, 3.05) is 18.0 Å². The fourth-order valence-corrected chi connectivity index (χ4v) is 4.96. The van der Waals surface area contributed by atoms with Gasteiger partial charge in [0.1, 0.15) is 0 Å². The van der Waals surface area contributed by atoms with E-state index in [0.29, 0.717) is 23.7 Å². The molecule has 0 amide bonds. The summed E-state index contributed by atoms with van der Waals surface area (Å²) in [5, 5.41) is 11.4. The zero-order valence-electron chi connectivity index (χ0n) is 12.3. The molecule has 22 heavy (non-hydrogen) atoms. The molecule has 0 fully saturated rings. The Balaban J connectivity index is 1.77. The molecule has 0 bridgehead atoms. The molecule has 4 heteroatoms. The first-order valence-corrected chi connectivity index (χ1v) is 8.13. The van der Waals surface area contributed by atoms with Crippen LogP contribution in [0.15, 0.2) is 36.4 Å². The Morgan fingerprint density at radius 1 is 1.00 bits per heavy atom. The average molecular weight is 294 g/mol. The van der Waals surface area contributed by atoms with Gasteiger partial charge in [-0.3, -0.25) is 10.1 Å². The van der Waals surface area contributed by atoms with Crippen molar-refractivity contribution >= 4 is 11.4 Å². The maximum absolute atomic E-state index is 11.4. The normalized spacial score (nSPS) is 33.5. The lowest BCUT2D eigenvalue weighted by molar-refractivity contribution is -0.385. The van der Waals surface area contributed by atoms with Gasteiger partial charge in [-0.25, -0.2) is 0 Å². The van der Waals surface area contributed by atoms with Crippen LogP contribution in [0, 0.1) is 22.0 Å². The number of anilines is 1. The lowest BCUT2D eigenvalue weighted by Gasteiger charge is -2.45. The summed E-state index contributed by atoms with van der Waals surface area (Å²) < 4.78 is 0. The third kappa shape index (κ3) is 1.52. The molecule has 4 aliphatic rings. The van der Waals surface area contributed by atoms with E-state index >= 15 is 0 Å². The van der Waals surface area contributed by atoms with E-state index in [9.17, 15) is 10.1 Å². The number of fused-ring (bicyclic) bond motifs is 4. The molecule has 0 unspecified atom stereocenters. The number of benzene rings is 1. The predicted molar refractivity (Wildman–Crippen MR) is 85.3 cm³/mol. The first-order chi connectivity index (χ1) is 10.7. The summed E-state index contributed by atoms with van der Waals surface area (Å²) in [6.45, 7) is 2.19. The fraction of sp³-hybridized carbons (Fsp3) is 0.444. The van der Waals surface area contributed by atoms with Crippen molar-refractivity contribution in [2.45, 2.75) is 24.7 Å². The quantitative estimate of drug-likeness (QED) is 0.450. The molecule has 112 valence electrons. The van der Waals surface area contributed by atoms with Crippen LogP contribution in [0.5, 0.6) is 0 Å². The molecule has 2 heterocycles. The number of allylic oxidation sites excluding steroid dienone is 4. The standard InChI is InChI=1S/C18H18N2O2/c21-20(22)13-7-16-14-5-1-3-11(14)9-19-10-12-4-2-6-15(12)17(8-13)18(16)19/h1-2,5-8,11-12,14-15H,3-4,9-10H2/t11-,12-,14-,15+/m1/s1. The number of nitrogens with zero attached hydrogens (tertiary/aromatic N) is 2. The summed E-state index contributed by atoms with van der Waals surface area (Å²) >= 11 is 0. The second kappa shape index (κ2) is 4.22. The maximum atomic E-state index is 11.4. The number of non-ortho nitro benzene ring substituents is 1. The lowest BCUT2D eigenvalue weighted by Crippen LogP contribution is -2.43. The zero-order chi connectivity index (χ0) is 14.8. The Kier molecular flexibility index (Phi) is 2.38. The minimum absolute atomic E-state index is 0.230. The van der Waals surface area contributed by atoms with E-state index in [-0.39, 0.29) is 10.6 Å². The third-order valence-corrected chi connectivity index (χ3v) is 5.89. The summed E-state index contributed by atoms with van der Waals surface area (Å²) in [5.41, 5.74) is 3.93. The van der Waals surface area contributed by atoms with Crippen LogP contribution in [0.3, 0.4) is 0 Å². The average Bonchev–Trinajstić information content (AvgIpc) is 3.15. The van der Waals surface area contributed by atoms with Gasteiger partial charge in [-0.05, 0) is 35.8 Å². The number of rotatable bonds is 1. The Hall–Kier alpha value is -2.10. The summed E-state index contributed by atoms with van der Waals surface area (Å²) in [7, 11) is 0. The van der Waals surface area contributed by atoms with Gasteiger partial charge in [0.15, 0.2) is 0 Å². The van der Waals surface area contributed by atoms with Crippen LogP contribution in [-0.2, 0) is 0 Å². The molecule has 1 aromatic rings. The van der Waals surface area contributed by atoms with Crippen molar-refractivity contribution in [1.82, 2.24) is 0 Å². The van der Waals surface area contributed by atoms with Gasteiger partial charge in [0.25, 0.3) is 5.69 Å². The van der Waals surface area contributed by atoms with E-state index in [1.807, 2.05) is 12.1 Å². The lowest BCUT2D eigenvalue weighted by atomic mass is 9.75. The largest absolute Gasteiger partial charge is 0.370 e. The van der Waals surface area contributed by atoms with Gasteiger partial charge in [0, 0.05) is 42.7 Å². The monoisotopic (exact) mass is 294 g/mol. The molecule has 1 aromatic carbocycles. The molecule has 0 saturated heterocycles. The SMILES string of the molecule is O=[N+]([O-])c1cc2c3c(c1)[C@@H]1C=CC[C@@H]1CN3C[C@H]1CC=C[C@H]21. The van der Waals surface area contributed by atoms with E-state index < -0.39 is 0 Å². The molecule has 5 rings (SSSR count). The van der Waals surface area contributed by atoms with E-state index in [1.165, 1.54) is 16.8 Å². The maximum Gasteiger partial charge on any atom is 0.270 e. The third-order valence-electron chi connectivity index (χ3n) is 5.89. The molecule has 2 aliphatic carbocycles. The van der Waals surface area contributed by atoms with Crippen LogP contribution in [0.1, 0.15) is 35.8 Å². The Labute approximate surface area is 129 Å². The van der Waals surface area contributed by atoms with E-state index in [2.05, 4.69) is 29.2 Å². The highest BCUT2D eigenvalue weighted by molar-refractivity contribution is 5.71. The van der Waals surface area contributed by atoms with Crippen LogP contribution in [-0.4, -0.2) is 18.0 Å². The highest BCUT2D eigenvalue weighted by atomic mass is 16.6. The number of hydrogen-bond donors (Lipinski definition) is 0. The summed E-state index contributed by atoms with van der Waals surface area (Å²) in [4.78, 5) is 13.7. The second-order valence-electron chi connectivity index (χ2n) is 7.03. The molecule has 0 radical (unpaired) electrons. The van der Waals surface area contributed by atoms with Crippen molar-refractivity contribution in [3.8, 4) is 0 Å². The van der Waals surface area contributed by atoms with Gasteiger partial charge in [0.2, 0.25) is 0 Å². The first kappa shape index (κ1) is 12.4. The predicted octanol–water partition coefficient (Wildman–Crippen LogP) is 3.75. The Morgan fingerprint density at radius 2 is 1.55 bits per heavy atom. The van der Waals surface area contributed by atoms with Gasteiger partial charge in [-0.2, -0.15) is 0 Å². The Bertz CT molecular complexity index is 686. The summed E-state index contributed by atoms with van der Waals surface area (Å²) in [6, 6.07) is 3.66. The Morgan fingerprint density at radius 3 is 2.05 bits per heavy atom. The summed E-state index contributed by atoms with van der Waals surface area (Å²) in [6.07, 6.45) is 11.2.